The number of aromatic nitrogens is 2. The maximum absolute atomic E-state index is 4.52. The highest BCUT2D eigenvalue weighted by Gasteiger charge is 2.19. The Morgan fingerprint density at radius 3 is 2.43 bits per heavy atom. The third-order valence-corrected chi connectivity index (χ3v) is 4.11. The molecule has 0 spiro atoms. The first-order valence-electron chi connectivity index (χ1n) is 7.58. The summed E-state index contributed by atoms with van der Waals surface area (Å²) >= 11 is 0. The minimum Gasteiger partial charge on any atom is -0.381 e. The van der Waals surface area contributed by atoms with Crippen molar-refractivity contribution in [2.24, 2.45) is 0 Å². The van der Waals surface area contributed by atoms with Gasteiger partial charge in [-0.3, -0.25) is 9.97 Å². The molecule has 0 saturated carbocycles. The third-order valence-electron chi connectivity index (χ3n) is 4.11. The Labute approximate surface area is 126 Å². The van der Waals surface area contributed by atoms with Gasteiger partial charge in [-0.15, -0.1) is 0 Å². The Hall–Kier alpha value is -2.10. The number of piperidine rings is 1. The molecule has 0 radical (unpaired) electrons. The van der Waals surface area contributed by atoms with E-state index in [4.69, 9.17) is 0 Å². The normalized spacial score (nSPS) is 16.0. The van der Waals surface area contributed by atoms with Gasteiger partial charge in [0, 0.05) is 42.9 Å². The molecule has 1 saturated heterocycles. The molecule has 0 atom stereocenters. The van der Waals surface area contributed by atoms with E-state index in [9.17, 15) is 0 Å². The van der Waals surface area contributed by atoms with Crippen LogP contribution in [0.5, 0.6) is 0 Å². The summed E-state index contributed by atoms with van der Waals surface area (Å²) in [4.78, 5) is 11.0. The Kier molecular flexibility index (Phi) is 4.04. The molecule has 4 nitrogen and oxygen atoms in total. The molecule has 2 aromatic heterocycles. The topological polar surface area (TPSA) is 41.0 Å². The predicted octanol–water partition coefficient (Wildman–Crippen LogP) is 3.17. The zero-order valence-corrected chi connectivity index (χ0v) is 12.7. The van der Waals surface area contributed by atoms with Crippen molar-refractivity contribution in [3.8, 4) is 0 Å². The summed E-state index contributed by atoms with van der Waals surface area (Å²) in [5.41, 5.74) is 4.61. The Balaban J connectivity index is 1.59. The summed E-state index contributed by atoms with van der Waals surface area (Å²) in [7, 11) is 0. The second-order valence-electron chi connectivity index (χ2n) is 5.70. The van der Waals surface area contributed by atoms with Gasteiger partial charge in [0.25, 0.3) is 0 Å². The molecule has 1 fully saturated rings. The molecule has 3 heterocycles. The molecule has 110 valence electrons. The number of nitrogens with one attached hydrogen (secondary N) is 1. The number of aryl methyl sites for hydroxylation is 2. The van der Waals surface area contributed by atoms with E-state index in [2.05, 4.69) is 51.4 Å². The van der Waals surface area contributed by atoms with Crippen molar-refractivity contribution in [2.75, 3.05) is 23.3 Å². The van der Waals surface area contributed by atoms with Gasteiger partial charge in [-0.2, -0.15) is 0 Å². The van der Waals surface area contributed by atoms with Gasteiger partial charge in [0.2, 0.25) is 0 Å². The van der Waals surface area contributed by atoms with Crippen molar-refractivity contribution in [2.45, 2.75) is 32.7 Å². The molecule has 0 aromatic carbocycles. The van der Waals surface area contributed by atoms with Crippen LogP contribution in [-0.4, -0.2) is 29.1 Å². The van der Waals surface area contributed by atoms with Gasteiger partial charge in [0.1, 0.15) is 0 Å². The second kappa shape index (κ2) is 6.12. The number of hydrogen-bond acceptors (Lipinski definition) is 4. The number of anilines is 2. The van der Waals surface area contributed by atoms with Crippen LogP contribution < -0.4 is 10.2 Å². The van der Waals surface area contributed by atoms with Gasteiger partial charge in [-0.25, -0.2) is 0 Å². The lowest BCUT2D eigenvalue weighted by Crippen LogP contribution is -2.39. The first kappa shape index (κ1) is 13.9. The van der Waals surface area contributed by atoms with E-state index in [1.165, 1.54) is 11.4 Å². The quantitative estimate of drug-likeness (QED) is 0.939. The van der Waals surface area contributed by atoms with E-state index in [0.29, 0.717) is 6.04 Å². The van der Waals surface area contributed by atoms with Gasteiger partial charge in [0.15, 0.2) is 0 Å². The van der Waals surface area contributed by atoms with Crippen molar-refractivity contribution >= 4 is 11.4 Å². The largest absolute Gasteiger partial charge is 0.381 e. The Morgan fingerprint density at radius 2 is 1.76 bits per heavy atom. The van der Waals surface area contributed by atoms with Gasteiger partial charge in [0.05, 0.1) is 11.4 Å². The number of hydrogen-bond donors (Lipinski definition) is 1. The Morgan fingerprint density at radius 1 is 1.05 bits per heavy atom. The smallest absolute Gasteiger partial charge is 0.0606 e. The van der Waals surface area contributed by atoms with E-state index in [0.717, 1.165) is 37.3 Å². The molecule has 4 heteroatoms. The molecular formula is C17H22N4. The average molecular weight is 282 g/mol. The molecule has 1 aliphatic rings. The fraction of sp³-hybridized carbons (Fsp3) is 0.412. The molecule has 0 amide bonds. The summed E-state index contributed by atoms with van der Waals surface area (Å²) in [6.07, 6.45) is 6.02. The van der Waals surface area contributed by atoms with Gasteiger partial charge in [-0.05, 0) is 51.0 Å². The van der Waals surface area contributed by atoms with Crippen LogP contribution in [0.15, 0.2) is 36.7 Å². The van der Waals surface area contributed by atoms with Crippen molar-refractivity contribution < 1.29 is 0 Å². The van der Waals surface area contributed by atoms with Crippen LogP contribution in [-0.2, 0) is 0 Å². The average Bonchev–Trinajstić information content (AvgIpc) is 2.52. The third kappa shape index (κ3) is 3.32. The molecule has 0 bridgehead atoms. The van der Waals surface area contributed by atoms with Crippen molar-refractivity contribution in [3.63, 3.8) is 0 Å². The molecule has 0 aliphatic carbocycles. The zero-order chi connectivity index (χ0) is 14.7. The minimum absolute atomic E-state index is 0.534. The predicted molar refractivity (Wildman–Crippen MR) is 86.8 cm³/mol. The van der Waals surface area contributed by atoms with Crippen molar-refractivity contribution in [3.05, 3.63) is 48.0 Å². The first-order valence-corrected chi connectivity index (χ1v) is 7.58. The number of nitrogens with zero attached hydrogens (tertiary/aromatic N) is 3. The van der Waals surface area contributed by atoms with Gasteiger partial charge >= 0.3 is 0 Å². The van der Waals surface area contributed by atoms with E-state index in [1.54, 1.807) is 0 Å². The highest BCUT2D eigenvalue weighted by atomic mass is 15.1. The van der Waals surface area contributed by atoms with Crippen LogP contribution in [0.25, 0.3) is 0 Å². The number of rotatable bonds is 3. The molecular weight excluding hydrogens is 260 g/mol. The van der Waals surface area contributed by atoms with Crippen molar-refractivity contribution in [1.29, 1.82) is 0 Å². The van der Waals surface area contributed by atoms with Crippen LogP contribution in [0, 0.1) is 13.8 Å². The van der Waals surface area contributed by atoms with Crippen LogP contribution in [0.2, 0.25) is 0 Å². The lowest BCUT2D eigenvalue weighted by atomic mass is 10.0. The van der Waals surface area contributed by atoms with Gasteiger partial charge < -0.3 is 10.2 Å². The highest BCUT2D eigenvalue weighted by molar-refractivity contribution is 5.49. The van der Waals surface area contributed by atoms with Crippen molar-refractivity contribution in [1.82, 2.24) is 9.97 Å². The maximum atomic E-state index is 4.52. The molecule has 2 aromatic rings. The van der Waals surface area contributed by atoms with Crippen LogP contribution in [0.4, 0.5) is 11.4 Å². The molecule has 1 aliphatic heterocycles. The van der Waals surface area contributed by atoms with Crippen LogP contribution >= 0.6 is 0 Å². The van der Waals surface area contributed by atoms with E-state index >= 15 is 0 Å². The SMILES string of the molecule is Cc1ccc(NC2CCN(c3ccncc3)CC2)c(C)n1. The lowest BCUT2D eigenvalue weighted by Gasteiger charge is -2.34. The number of pyridine rings is 2. The summed E-state index contributed by atoms with van der Waals surface area (Å²) in [6, 6.07) is 8.92. The Bertz CT molecular complexity index is 589. The maximum Gasteiger partial charge on any atom is 0.0606 e. The minimum atomic E-state index is 0.534. The monoisotopic (exact) mass is 282 g/mol. The standard InChI is InChI=1S/C17H22N4/c1-13-3-4-17(14(2)19-13)20-15-7-11-21(12-8-15)16-5-9-18-10-6-16/h3-6,9-10,15,20H,7-8,11-12H2,1-2H3. The van der Waals surface area contributed by atoms with Crippen LogP contribution in [0.3, 0.4) is 0 Å². The fourth-order valence-electron chi connectivity index (χ4n) is 2.90. The molecule has 1 N–H and O–H groups in total. The van der Waals surface area contributed by atoms with Crippen LogP contribution in [0.1, 0.15) is 24.2 Å². The van der Waals surface area contributed by atoms with E-state index < -0.39 is 0 Å². The summed E-state index contributed by atoms with van der Waals surface area (Å²) < 4.78 is 0. The summed E-state index contributed by atoms with van der Waals surface area (Å²) in [5.74, 6) is 0. The first-order chi connectivity index (χ1) is 10.2. The summed E-state index contributed by atoms with van der Waals surface area (Å²) in [6.45, 7) is 6.27. The van der Waals surface area contributed by atoms with E-state index in [-0.39, 0.29) is 0 Å². The molecule has 0 unspecified atom stereocenters. The lowest BCUT2D eigenvalue weighted by molar-refractivity contribution is 0.526. The second-order valence-corrected chi connectivity index (χ2v) is 5.70. The molecule has 3 rings (SSSR count). The highest BCUT2D eigenvalue weighted by Crippen LogP contribution is 2.22. The van der Waals surface area contributed by atoms with Gasteiger partial charge in [-0.1, -0.05) is 0 Å². The summed E-state index contributed by atoms with van der Waals surface area (Å²) in [5, 5.41) is 3.65. The fourth-order valence-corrected chi connectivity index (χ4v) is 2.90. The zero-order valence-electron chi connectivity index (χ0n) is 12.7. The van der Waals surface area contributed by atoms with E-state index in [1.807, 2.05) is 19.3 Å². The molecule has 21 heavy (non-hydrogen) atoms.